The molecule has 0 aromatic heterocycles. The second kappa shape index (κ2) is 5.99. The predicted octanol–water partition coefficient (Wildman–Crippen LogP) is 1.12. The highest BCUT2D eigenvalue weighted by Gasteiger charge is 2.23. The number of esters is 1. The lowest BCUT2D eigenvalue weighted by Gasteiger charge is -2.26. The Hall–Kier alpha value is -2.37. The van der Waals surface area contributed by atoms with E-state index in [1.807, 2.05) is 30.3 Å². The molecule has 2 rings (SSSR count). The van der Waals surface area contributed by atoms with E-state index < -0.39 is 12.0 Å². The van der Waals surface area contributed by atoms with Gasteiger partial charge in [0, 0.05) is 13.0 Å². The Kier molecular flexibility index (Phi) is 4.12. The summed E-state index contributed by atoms with van der Waals surface area (Å²) in [5.74, 6) is -0.272. The molecular formula is C13H15N3O3. The van der Waals surface area contributed by atoms with E-state index in [4.69, 9.17) is 10.1 Å². The smallest absolute Gasteiger partial charge is 0.326 e. The third-order valence-electron chi connectivity index (χ3n) is 2.74. The molecule has 0 spiro atoms. The van der Waals surface area contributed by atoms with Crippen LogP contribution >= 0.6 is 0 Å². The van der Waals surface area contributed by atoms with Crippen LogP contribution in [0.25, 0.3) is 0 Å². The van der Waals surface area contributed by atoms with Crippen molar-refractivity contribution >= 4 is 17.8 Å². The first-order valence-electron chi connectivity index (χ1n) is 5.98. The Bertz CT molecular complexity index is 487. The molecule has 0 unspecified atom stereocenters. The van der Waals surface area contributed by atoms with E-state index >= 15 is 0 Å². The summed E-state index contributed by atoms with van der Waals surface area (Å²) in [6.45, 7) is 0.474. The van der Waals surface area contributed by atoms with Gasteiger partial charge in [-0.3, -0.25) is 15.5 Å². The van der Waals surface area contributed by atoms with Crippen LogP contribution in [0.1, 0.15) is 12.0 Å². The minimum absolute atomic E-state index is 0.0913. The van der Waals surface area contributed by atoms with E-state index in [2.05, 4.69) is 5.32 Å². The highest BCUT2D eigenvalue weighted by Crippen LogP contribution is 2.03. The van der Waals surface area contributed by atoms with Gasteiger partial charge in [0.2, 0.25) is 0 Å². The maximum Gasteiger partial charge on any atom is 0.326 e. The summed E-state index contributed by atoms with van der Waals surface area (Å²) in [4.78, 5) is 24.4. The number of ether oxygens (including phenoxy) is 1. The number of nitrogens with zero attached hydrogens (tertiary/aromatic N) is 1. The van der Waals surface area contributed by atoms with E-state index in [0.717, 1.165) is 5.56 Å². The van der Waals surface area contributed by atoms with Crippen LogP contribution in [0.3, 0.4) is 0 Å². The van der Waals surface area contributed by atoms with Crippen LogP contribution in [0.5, 0.6) is 0 Å². The Labute approximate surface area is 110 Å². The first-order chi connectivity index (χ1) is 9.15. The Morgan fingerprint density at radius 1 is 1.37 bits per heavy atom. The maximum atomic E-state index is 11.6. The number of urea groups is 1. The first kappa shape index (κ1) is 13.1. The van der Waals surface area contributed by atoms with E-state index in [9.17, 15) is 9.59 Å². The lowest BCUT2D eigenvalue weighted by atomic mass is 10.2. The number of amides is 2. The van der Waals surface area contributed by atoms with E-state index in [1.165, 1.54) is 4.90 Å². The Balaban J connectivity index is 1.78. The number of amidine groups is 1. The lowest BCUT2D eigenvalue weighted by Crippen LogP contribution is -2.50. The third kappa shape index (κ3) is 3.80. The van der Waals surface area contributed by atoms with Crippen molar-refractivity contribution in [1.29, 1.82) is 5.41 Å². The van der Waals surface area contributed by atoms with Gasteiger partial charge in [-0.1, -0.05) is 30.3 Å². The van der Waals surface area contributed by atoms with Gasteiger partial charge in [0.15, 0.2) is 0 Å². The first-order valence-corrected chi connectivity index (χ1v) is 5.98. The van der Waals surface area contributed by atoms with Crippen molar-refractivity contribution in [2.45, 2.75) is 13.0 Å². The van der Waals surface area contributed by atoms with E-state index in [-0.39, 0.29) is 19.0 Å². The quantitative estimate of drug-likeness (QED) is 0.797. The molecule has 2 N–H and O–H groups in total. The lowest BCUT2D eigenvalue weighted by molar-refractivity contribution is -0.145. The molecule has 19 heavy (non-hydrogen) atoms. The van der Waals surface area contributed by atoms with Crippen molar-refractivity contribution < 1.29 is 14.3 Å². The molecule has 0 saturated carbocycles. The zero-order valence-corrected chi connectivity index (χ0v) is 10.4. The summed E-state index contributed by atoms with van der Waals surface area (Å²) in [6, 6.07) is 8.93. The summed E-state index contributed by atoms with van der Waals surface area (Å²) < 4.78 is 5.09. The third-order valence-corrected chi connectivity index (χ3v) is 2.74. The number of carbonyl (C=O) groups is 2. The summed E-state index contributed by atoms with van der Waals surface area (Å²) >= 11 is 0. The largest absolute Gasteiger partial charge is 0.459 e. The molecule has 100 valence electrons. The minimum atomic E-state index is -0.451. The zero-order chi connectivity index (χ0) is 13.7. The van der Waals surface area contributed by atoms with Crippen molar-refractivity contribution in [3.8, 4) is 0 Å². The van der Waals surface area contributed by atoms with Crippen molar-refractivity contribution in [3.63, 3.8) is 0 Å². The normalized spacial score (nSPS) is 15.1. The molecule has 1 fully saturated rings. The van der Waals surface area contributed by atoms with Crippen LogP contribution in [0.4, 0.5) is 4.79 Å². The highest BCUT2D eigenvalue weighted by molar-refractivity contribution is 5.99. The van der Waals surface area contributed by atoms with Crippen LogP contribution in [0, 0.1) is 5.41 Å². The maximum absolute atomic E-state index is 11.6. The van der Waals surface area contributed by atoms with Crippen molar-refractivity contribution in [3.05, 3.63) is 35.9 Å². The molecule has 6 nitrogen and oxygen atoms in total. The van der Waals surface area contributed by atoms with Crippen LogP contribution in [0.15, 0.2) is 30.3 Å². The number of hydrogen-bond acceptors (Lipinski definition) is 4. The predicted molar refractivity (Wildman–Crippen MR) is 68.7 cm³/mol. The molecule has 0 radical (unpaired) electrons. The number of benzene rings is 1. The molecule has 1 aliphatic heterocycles. The summed E-state index contributed by atoms with van der Waals surface area (Å²) in [5, 5.41) is 9.68. The summed E-state index contributed by atoms with van der Waals surface area (Å²) in [7, 11) is 0. The van der Waals surface area contributed by atoms with Crippen LogP contribution in [0.2, 0.25) is 0 Å². The van der Waals surface area contributed by atoms with Gasteiger partial charge in [0.05, 0.1) is 0 Å². The topological polar surface area (TPSA) is 82.5 Å². The van der Waals surface area contributed by atoms with Gasteiger partial charge in [0.1, 0.15) is 19.0 Å². The fourth-order valence-corrected chi connectivity index (χ4v) is 1.71. The average molecular weight is 261 g/mol. The number of hydrogen-bond donors (Lipinski definition) is 2. The monoisotopic (exact) mass is 261 g/mol. The Morgan fingerprint density at radius 2 is 2.11 bits per heavy atom. The van der Waals surface area contributed by atoms with Gasteiger partial charge in [-0.05, 0) is 5.56 Å². The Morgan fingerprint density at radius 3 is 2.79 bits per heavy atom. The van der Waals surface area contributed by atoms with Crippen molar-refractivity contribution in [1.82, 2.24) is 10.2 Å². The molecule has 1 aromatic rings. The fraction of sp³-hybridized carbons (Fsp3) is 0.308. The second-order valence-electron chi connectivity index (χ2n) is 4.23. The average Bonchev–Trinajstić information content (AvgIpc) is 2.41. The number of carbonyl (C=O) groups excluding carboxylic acids is 2. The van der Waals surface area contributed by atoms with Gasteiger partial charge < -0.3 is 9.64 Å². The standard InChI is InChI=1S/C13H15N3O3/c14-11-6-7-16(13(18)15-11)8-12(17)19-9-10-4-2-1-3-5-10/h1-5H,6-9H2,(H2,14,15,18). The van der Waals surface area contributed by atoms with Gasteiger partial charge in [-0.25, -0.2) is 4.79 Å². The van der Waals surface area contributed by atoms with Crippen molar-refractivity contribution in [2.75, 3.05) is 13.1 Å². The van der Waals surface area contributed by atoms with Crippen LogP contribution in [-0.2, 0) is 16.1 Å². The molecule has 1 aliphatic rings. The molecule has 2 amide bonds. The molecule has 0 aliphatic carbocycles. The number of nitrogens with one attached hydrogen (secondary N) is 2. The second-order valence-corrected chi connectivity index (χ2v) is 4.23. The molecular weight excluding hydrogens is 246 g/mol. The number of rotatable bonds is 4. The van der Waals surface area contributed by atoms with Gasteiger partial charge in [0.25, 0.3) is 0 Å². The summed E-state index contributed by atoms with van der Waals surface area (Å²) in [5.41, 5.74) is 0.903. The summed E-state index contributed by atoms with van der Waals surface area (Å²) in [6.07, 6.45) is 0.428. The van der Waals surface area contributed by atoms with Crippen molar-refractivity contribution in [2.24, 2.45) is 0 Å². The SMILES string of the molecule is N=C1CCN(CC(=O)OCc2ccccc2)C(=O)N1. The van der Waals surface area contributed by atoms with Crippen LogP contribution in [-0.4, -0.2) is 35.8 Å². The van der Waals surface area contributed by atoms with Gasteiger partial charge in [-0.15, -0.1) is 0 Å². The van der Waals surface area contributed by atoms with Gasteiger partial charge in [-0.2, -0.15) is 0 Å². The molecule has 1 aromatic carbocycles. The molecule has 1 saturated heterocycles. The molecule has 0 bridgehead atoms. The van der Waals surface area contributed by atoms with Gasteiger partial charge >= 0.3 is 12.0 Å². The highest BCUT2D eigenvalue weighted by atomic mass is 16.5. The molecule has 6 heteroatoms. The van der Waals surface area contributed by atoms with E-state index in [1.54, 1.807) is 0 Å². The van der Waals surface area contributed by atoms with Crippen LogP contribution < -0.4 is 5.32 Å². The fourth-order valence-electron chi connectivity index (χ4n) is 1.71. The van der Waals surface area contributed by atoms with E-state index in [0.29, 0.717) is 13.0 Å². The minimum Gasteiger partial charge on any atom is -0.459 e. The molecule has 1 heterocycles. The zero-order valence-electron chi connectivity index (χ0n) is 10.4. The molecule has 0 atom stereocenters.